The average molecular weight is 484 g/mol. The molecule has 2 aliphatic rings. The van der Waals surface area contributed by atoms with Crippen LogP contribution in [0.25, 0.3) is 11.1 Å². The van der Waals surface area contributed by atoms with E-state index < -0.39 is 5.66 Å². The quantitative estimate of drug-likeness (QED) is 0.430. The SMILES string of the molecule is CCOc1ccc(C23Cn4cc(-c5ccncc5)cc4C(=O)N2CCN3C(=O)c2conc2C)cc1. The van der Waals surface area contributed by atoms with Gasteiger partial charge in [0.25, 0.3) is 11.8 Å². The number of amides is 2. The van der Waals surface area contributed by atoms with Gasteiger partial charge in [0, 0.05) is 42.8 Å². The number of pyridine rings is 1. The molecule has 6 rings (SSSR count). The maximum Gasteiger partial charge on any atom is 0.272 e. The Hall–Kier alpha value is -4.40. The summed E-state index contributed by atoms with van der Waals surface area (Å²) < 4.78 is 12.7. The number of aromatic nitrogens is 3. The third kappa shape index (κ3) is 3.23. The van der Waals surface area contributed by atoms with Crippen molar-refractivity contribution in [2.45, 2.75) is 26.1 Å². The molecule has 0 aliphatic carbocycles. The van der Waals surface area contributed by atoms with Gasteiger partial charge in [-0.3, -0.25) is 14.6 Å². The first-order valence-electron chi connectivity index (χ1n) is 11.9. The molecule has 0 spiro atoms. The van der Waals surface area contributed by atoms with Crippen molar-refractivity contribution in [3.8, 4) is 16.9 Å². The summed E-state index contributed by atoms with van der Waals surface area (Å²) in [6, 6.07) is 13.4. The van der Waals surface area contributed by atoms with Crippen LogP contribution >= 0.6 is 0 Å². The minimum Gasteiger partial charge on any atom is -0.494 e. The zero-order chi connectivity index (χ0) is 24.9. The summed E-state index contributed by atoms with van der Waals surface area (Å²) in [6.07, 6.45) is 6.81. The number of carbonyl (C=O) groups is 2. The third-order valence-electron chi connectivity index (χ3n) is 7.06. The second kappa shape index (κ2) is 8.37. The summed E-state index contributed by atoms with van der Waals surface area (Å²) >= 11 is 0. The van der Waals surface area contributed by atoms with Crippen LogP contribution in [0.2, 0.25) is 0 Å². The van der Waals surface area contributed by atoms with Crippen molar-refractivity contribution in [3.05, 3.63) is 89.8 Å². The zero-order valence-corrected chi connectivity index (χ0v) is 20.0. The van der Waals surface area contributed by atoms with Gasteiger partial charge in [-0.1, -0.05) is 17.3 Å². The molecule has 4 aromatic rings. The summed E-state index contributed by atoms with van der Waals surface area (Å²) in [5, 5.41) is 3.90. The van der Waals surface area contributed by atoms with Crippen LogP contribution in [-0.2, 0) is 12.2 Å². The van der Waals surface area contributed by atoms with Crippen molar-refractivity contribution in [2.24, 2.45) is 0 Å². The summed E-state index contributed by atoms with van der Waals surface area (Å²) in [5.41, 5.74) is 3.24. The van der Waals surface area contributed by atoms with E-state index >= 15 is 0 Å². The Morgan fingerprint density at radius 3 is 2.58 bits per heavy atom. The van der Waals surface area contributed by atoms with Gasteiger partial charge in [0.05, 0.1) is 18.8 Å². The highest BCUT2D eigenvalue weighted by atomic mass is 16.5. The first kappa shape index (κ1) is 22.1. The van der Waals surface area contributed by atoms with Crippen molar-refractivity contribution in [1.82, 2.24) is 24.5 Å². The van der Waals surface area contributed by atoms with Gasteiger partial charge in [0.15, 0.2) is 5.66 Å². The number of hydrogen-bond donors (Lipinski definition) is 0. The van der Waals surface area contributed by atoms with Gasteiger partial charge in [-0.25, -0.2) is 0 Å². The predicted octanol–water partition coefficient (Wildman–Crippen LogP) is 3.71. The fourth-order valence-corrected chi connectivity index (χ4v) is 5.35. The summed E-state index contributed by atoms with van der Waals surface area (Å²) in [4.78, 5) is 35.4. The Kier molecular flexibility index (Phi) is 5.13. The smallest absolute Gasteiger partial charge is 0.272 e. The minimum absolute atomic E-state index is 0.118. The van der Waals surface area contributed by atoms with Crippen molar-refractivity contribution in [1.29, 1.82) is 0 Å². The van der Waals surface area contributed by atoms with Crippen LogP contribution in [0, 0.1) is 6.92 Å². The van der Waals surface area contributed by atoms with E-state index in [1.165, 1.54) is 6.26 Å². The molecule has 5 heterocycles. The molecule has 36 heavy (non-hydrogen) atoms. The van der Waals surface area contributed by atoms with E-state index in [1.54, 1.807) is 24.2 Å². The molecule has 9 heteroatoms. The van der Waals surface area contributed by atoms with Crippen LogP contribution in [0.5, 0.6) is 5.75 Å². The topological polar surface area (TPSA) is 93.7 Å². The van der Waals surface area contributed by atoms with E-state index in [9.17, 15) is 9.59 Å². The summed E-state index contributed by atoms with van der Waals surface area (Å²) in [7, 11) is 0. The predicted molar refractivity (Wildman–Crippen MR) is 130 cm³/mol. The molecule has 1 aromatic carbocycles. The van der Waals surface area contributed by atoms with Crippen molar-refractivity contribution in [2.75, 3.05) is 19.7 Å². The van der Waals surface area contributed by atoms with E-state index in [-0.39, 0.29) is 11.8 Å². The molecule has 1 atom stereocenters. The van der Waals surface area contributed by atoms with Crippen LogP contribution < -0.4 is 4.74 Å². The third-order valence-corrected chi connectivity index (χ3v) is 7.06. The van der Waals surface area contributed by atoms with E-state index in [1.807, 2.05) is 65.1 Å². The number of benzene rings is 1. The molecule has 2 amide bonds. The highest BCUT2D eigenvalue weighted by Gasteiger charge is 2.56. The lowest BCUT2D eigenvalue weighted by atomic mass is 9.93. The molecule has 0 bridgehead atoms. The summed E-state index contributed by atoms with van der Waals surface area (Å²) in [6.45, 7) is 5.43. The first-order valence-corrected chi connectivity index (χ1v) is 11.9. The average Bonchev–Trinajstić information content (AvgIpc) is 3.62. The first-order chi connectivity index (χ1) is 17.5. The van der Waals surface area contributed by atoms with Crippen molar-refractivity contribution in [3.63, 3.8) is 0 Å². The second-order valence-corrected chi connectivity index (χ2v) is 8.98. The number of rotatable bonds is 5. The summed E-state index contributed by atoms with van der Waals surface area (Å²) in [5.74, 6) is 0.398. The number of nitrogens with zero attached hydrogens (tertiary/aromatic N) is 5. The Bertz CT molecular complexity index is 1440. The molecule has 1 saturated heterocycles. The lowest BCUT2D eigenvalue weighted by molar-refractivity contribution is -0.00598. The molecule has 0 N–H and O–H groups in total. The van der Waals surface area contributed by atoms with Crippen LogP contribution in [0.1, 0.15) is 39.0 Å². The van der Waals surface area contributed by atoms with Gasteiger partial charge in [0.2, 0.25) is 0 Å². The Balaban J connectivity index is 1.49. The Morgan fingerprint density at radius 2 is 1.89 bits per heavy atom. The second-order valence-electron chi connectivity index (χ2n) is 8.98. The standard InChI is InChI=1S/C27H25N5O4/c1-3-35-22-6-4-21(5-7-22)27-17-30-15-20(19-8-10-28-11-9-19)14-24(30)26(34)32(27)13-12-31(27)25(33)23-16-36-29-18(23)2/h4-11,14-16H,3,12-13,17H2,1-2H3. The molecule has 0 saturated carbocycles. The maximum atomic E-state index is 13.9. The van der Waals surface area contributed by atoms with E-state index in [0.717, 1.165) is 22.4 Å². The molecular weight excluding hydrogens is 458 g/mol. The lowest BCUT2D eigenvalue weighted by Crippen LogP contribution is -2.60. The highest BCUT2D eigenvalue weighted by Crippen LogP contribution is 2.45. The van der Waals surface area contributed by atoms with Crippen LogP contribution in [0.4, 0.5) is 0 Å². The lowest BCUT2D eigenvalue weighted by Gasteiger charge is -2.47. The van der Waals surface area contributed by atoms with E-state index in [4.69, 9.17) is 9.26 Å². The highest BCUT2D eigenvalue weighted by molar-refractivity contribution is 5.99. The van der Waals surface area contributed by atoms with Crippen LogP contribution in [-0.4, -0.2) is 56.0 Å². The molecule has 3 aromatic heterocycles. The molecular formula is C27H25N5O4. The van der Waals surface area contributed by atoms with Gasteiger partial charge >= 0.3 is 0 Å². The van der Waals surface area contributed by atoms with Crippen molar-refractivity contribution >= 4 is 11.8 Å². The molecule has 9 nitrogen and oxygen atoms in total. The Labute approximate surface area is 207 Å². The number of carbonyl (C=O) groups excluding carboxylic acids is 2. The van der Waals surface area contributed by atoms with Gasteiger partial charge in [-0.05, 0) is 49.7 Å². The number of aryl methyl sites for hydroxylation is 1. The van der Waals surface area contributed by atoms with Crippen molar-refractivity contribution < 1.29 is 18.8 Å². The Morgan fingerprint density at radius 1 is 1.11 bits per heavy atom. The molecule has 182 valence electrons. The van der Waals surface area contributed by atoms with Gasteiger partial charge in [-0.2, -0.15) is 0 Å². The number of fused-ring (bicyclic) bond motifs is 2. The number of ether oxygens (including phenoxy) is 1. The van der Waals surface area contributed by atoms with Gasteiger partial charge < -0.3 is 23.6 Å². The monoisotopic (exact) mass is 483 g/mol. The van der Waals surface area contributed by atoms with Crippen LogP contribution in [0.15, 0.2) is 71.8 Å². The largest absolute Gasteiger partial charge is 0.494 e. The molecule has 2 aliphatic heterocycles. The molecule has 1 fully saturated rings. The van der Waals surface area contributed by atoms with E-state index in [0.29, 0.717) is 43.2 Å². The fraction of sp³-hybridized carbons (Fsp3) is 0.259. The normalized spacial score (nSPS) is 18.8. The molecule has 1 unspecified atom stereocenters. The zero-order valence-electron chi connectivity index (χ0n) is 20.0. The minimum atomic E-state index is -1.01. The van der Waals surface area contributed by atoms with E-state index in [2.05, 4.69) is 10.1 Å². The van der Waals surface area contributed by atoms with Gasteiger partial charge in [0.1, 0.15) is 23.3 Å². The number of hydrogen-bond acceptors (Lipinski definition) is 6. The molecule has 0 radical (unpaired) electrons. The fourth-order valence-electron chi connectivity index (χ4n) is 5.35. The van der Waals surface area contributed by atoms with Crippen LogP contribution in [0.3, 0.4) is 0 Å². The maximum absolute atomic E-state index is 13.9. The van der Waals surface area contributed by atoms with Gasteiger partial charge in [-0.15, -0.1) is 0 Å².